The number of carbonyl (C=O) groups is 1. The minimum Gasteiger partial charge on any atom is -0.489 e. The molecule has 1 N–H and O–H groups in total. The Morgan fingerprint density at radius 2 is 1.95 bits per heavy atom. The highest BCUT2D eigenvalue weighted by Gasteiger charge is 2.09. The monoisotopic (exact) mass is 304 g/mol. The Kier molecular flexibility index (Phi) is 8.30. The van der Waals surface area contributed by atoms with E-state index in [1.54, 1.807) is 0 Å². The predicted octanol–water partition coefficient (Wildman–Crippen LogP) is 3.70. The van der Waals surface area contributed by atoms with Crippen LogP contribution in [0.15, 0.2) is 36.4 Å². The molecule has 22 heavy (non-hydrogen) atoms. The van der Waals surface area contributed by atoms with Gasteiger partial charge >= 0.3 is 0 Å². The summed E-state index contributed by atoms with van der Waals surface area (Å²) in [6.45, 7) is 12.8. The summed E-state index contributed by atoms with van der Waals surface area (Å²) in [6, 6.07) is 7.46. The van der Waals surface area contributed by atoms with Crippen LogP contribution >= 0.6 is 0 Å². The van der Waals surface area contributed by atoms with E-state index >= 15 is 0 Å². The molecule has 0 aliphatic carbocycles. The van der Waals surface area contributed by atoms with Gasteiger partial charge in [0, 0.05) is 11.8 Å². The maximum Gasteiger partial charge on any atom is 0.238 e. The predicted molar refractivity (Wildman–Crippen MR) is 92.4 cm³/mol. The first-order chi connectivity index (χ1) is 10.5. The van der Waals surface area contributed by atoms with Gasteiger partial charge in [0.05, 0.1) is 6.54 Å². The van der Waals surface area contributed by atoms with Crippen LogP contribution in [-0.4, -0.2) is 37.0 Å². The highest BCUT2D eigenvalue weighted by molar-refractivity contribution is 5.92. The van der Waals surface area contributed by atoms with Gasteiger partial charge in [-0.1, -0.05) is 26.5 Å². The lowest BCUT2D eigenvalue weighted by Crippen LogP contribution is -2.34. The van der Waals surface area contributed by atoms with Gasteiger partial charge < -0.3 is 10.1 Å². The molecule has 0 atom stereocenters. The van der Waals surface area contributed by atoms with Crippen LogP contribution < -0.4 is 10.1 Å². The summed E-state index contributed by atoms with van der Waals surface area (Å²) in [7, 11) is 0. The number of benzene rings is 1. The maximum atomic E-state index is 12.1. The van der Waals surface area contributed by atoms with Crippen LogP contribution in [-0.2, 0) is 4.79 Å². The zero-order valence-electron chi connectivity index (χ0n) is 14.0. The number of nitrogens with zero attached hydrogens (tertiary/aromatic N) is 1. The van der Waals surface area contributed by atoms with Crippen LogP contribution in [0.2, 0.25) is 0 Å². The molecule has 0 bridgehead atoms. The van der Waals surface area contributed by atoms with Gasteiger partial charge in [0.25, 0.3) is 0 Å². The van der Waals surface area contributed by atoms with Gasteiger partial charge in [0.1, 0.15) is 12.4 Å². The minimum atomic E-state index is 0.0129. The largest absolute Gasteiger partial charge is 0.489 e. The molecule has 0 heterocycles. The van der Waals surface area contributed by atoms with Gasteiger partial charge in [-0.2, -0.15) is 0 Å². The minimum absolute atomic E-state index is 0.0129. The molecule has 0 fully saturated rings. The number of carbonyl (C=O) groups excluding carboxylic acids is 1. The SMILES string of the molecule is C=C(C)COc1cccc(NC(=O)CN(CCC)CCC)c1. The van der Waals surface area contributed by atoms with E-state index in [9.17, 15) is 4.79 Å². The summed E-state index contributed by atoms with van der Waals surface area (Å²) < 4.78 is 5.59. The average Bonchev–Trinajstić information content (AvgIpc) is 2.46. The summed E-state index contributed by atoms with van der Waals surface area (Å²) in [5.41, 5.74) is 1.72. The van der Waals surface area contributed by atoms with Gasteiger partial charge in [-0.05, 0) is 50.6 Å². The molecule has 1 aromatic rings. The van der Waals surface area contributed by atoms with E-state index in [2.05, 4.69) is 30.6 Å². The Hall–Kier alpha value is -1.81. The summed E-state index contributed by atoms with van der Waals surface area (Å²) in [5.74, 6) is 0.749. The van der Waals surface area contributed by atoms with Crippen molar-refractivity contribution in [1.29, 1.82) is 0 Å². The van der Waals surface area contributed by atoms with Gasteiger partial charge in [-0.15, -0.1) is 0 Å². The Labute approximate surface area is 134 Å². The van der Waals surface area contributed by atoms with Crippen LogP contribution in [0.5, 0.6) is 5.75 Å². The first-order valence-corrected chi connectivity index (χ1v) is 7.94. The molecule has 122 valence electrons. The van der Waals surface area contributed by atoms with Crippen LogP contribution in [0.4, 0.5) is 5.69 Å². The van der Waals surface area contributed by atoms with Crippen molar-refractivity contribution in [2.24, 2.45) is 0 Å². The molecule has 0 aliphatic heterocycles. The third-order valence-electron chi connectivity index (χ3n) is 3.05. The third kappa shape index (κ3) is 7.27. The smallest absolute Gasteiger partial charge is 0.238 e. The maximum absolute atomic E-state index is 12.1. The number of anilines is 1. The zero-order valence-corrected chi connectivity index (χ0v) is 14.0. The van der Waals surface area contributed by atoms with E-state index in [0.29, 0.717) is 13.2 Å². The molecule has 0 aromatic heterocycles. The lowest BCUT2D eigenvalue weighted by molar-refractivity contribution is -0.117. The number of hydrogen-bond donors (Lipinski definition) is 1. The van der Waals surface area contributed by atoms with E-state index < -0.39 is 0 Å². The van der Waals surface area contributed by atoms with Crippen LogP contribution in [0.1, 0.15) is 33.6 Å². The van der Waals surface area contributed by atoms with E-state index in [-0.39, 0.29) is 5.91 Å². The molecule has 0 saturated heterocycles. The molecule has 0 unspecified atom stereocenters. The molecular weight excluding hydrogens is 276 g/mol. The lowest BCUT2D eigenvalue weighted by Gasteiger charge is -2.20. The van der Waals surface area contributed by atoms with Gasteiger partial charge in [0.15, 0.2) is 0 Å². The zero-order chi connectivity index (χ0) is 16.4. The van der Waals surface area contributed by atoms with Crippen LogP contribution in [0.25, 0.3) is 0 Å². The van der Waals surface area contributed by atoms with Crippen LogP contribution in [0, 0.1) is 0 Å². The van der Waals surface area contributed by atoms with Gasteiger partial charge in [0.2, 0.25) is 5.91 Å². The highest BCUT2D eigenvalue weighted by atomic mass is 16.5. The van der Waals surface area contributed by atoms with Crippen molar-refractivity contribution in [3.8, 4) is 5.75 Å². The van der Waals surface area contributed by atoms with Crippen molar-refractivity contribution in [1.82, 2.24) is 4.90 Å². The van der Waals surface area contributed by atoms with Crippen molar-refractivity contribution in [2.75, 3.05) is 31.6 Å². The van der Waals surface area contributed by atoms with E-state index in [1.807, 2.05) is 31.2 Å². The Morgan fingerprint density at radius 1 is 1.27 bits per heavy atom. The lowest BCUT2D eigenvalue weighted by atomic mass is 10.3. The summed E-state index contributed by atoms with van der Waals surface area (Å²) in [6.07, 6.45) is 2.11. The Bertz CT molecular complexity index is 480. The fraction of sp³-hybridized carbons (Fsp3) is 0.500. The Morgan fingerprint density at radius 3 is 2.55 bits per heavy atom. The van der Waals surface area contributed by atoms with E-state index in [4.69, 9.17) is 4.74 Å². The van der Waals surface area contributed by atoms with Crippen molar-refractivity contribution >= 4 is 11.6 Å². The van der Waals surface area contributed by atoms with E-state index in [1.165, 1.54) is 0 Å². The third-order valence-corrected chi connectivity index (χ3v) is 3.05. The molecule has 0 radical (unpaired) electrons. The number of ether oxygens (including phenoxy) is 1. The molecule has 4 heteroatoms. The first kappa shape index (κ1) is 18.2. The highest BCUT2D eigenvalue weighted by Crippen LogP contribution is 2.17. The molecule has 0 spiro atoms. The second-order valence-corrected chi connectivity index (χ2v) is 5.60. The average molecular weight is 304 g/mol. The molecule has 1 amide bonds. The molecule has 1 rings (SSSR count). The topological polar surface area (TPSA) is 41.6 Å². The summed E-state index contributed by atoms with van der Waals surface area (Å²) >= 11 is 0. The molecule has 4 nitrogen and oxygen atoms in total. The fourth-order valence-corrected chi connectivity index (χ4v) is 2.18. The fourth-order valence-electron chi connectivity index (χ4n) is 2.18. The summed E-state index contributed by atoms with van der Waals surface area (Å²) in [4.78, 5) is 14.3. The van der Waals surface area contributed by atoms with Gasteiger partial charge in [-0.25, -0.2) is 0 Å². The quantitative estimate of drug-likeness (QED) is 0.670. The second-order valence-electron chi connectivity index (χ2n) is 5.60. The number of hydrogen-bond acceptors (Lipinski definition) is 3. The van der Waals surface area contributed by atoms with E-state index in [0.717, 1.165) is 42.9 Å². The van der Waals surface area contributed by atoms with Crippen molar-refractivity contribution in [3.05, 3.63) is 36.4 Å². The molecule has 1 aromatic carbocycles. The van der Waals surface area contributed by atoms with Crippen molar-refractivity contribution in [2.45, 2.75) is 33.6 Å². The van der Waals surface area contributed by atoms with Crippen molar-refractivity contribution < 1.29 is 9.53 Å². The summed E-state index contributed by atoms with van der Waals surface area (Å²) in [5, 5.41) is 2.93. The van der Waals surface area contributed by atoms with Gasteiger partial charge in [-0.3, -0.25) is 9.69 Å². The normalized spacial score (nSPS) is 10.5. The van der Waals surface area contributed by atoms with Crippen molar-refractivity contribution in [3.63, 3.8) is 0 Å². The second kappa shape index (κ2) is 10.0. The molecule has 0 aliphatic rings. The van der Waals surface area contributed by atoms with Crippen LogP contribution in [0.3, 0.4) is 0 Å². The Balaban J connectivity index is 2.55. The number of rotatable bonds is 10. The number of nitrogens with one attached hydrogen (secondary N) is 1. The standard InChI is InChI=1S/C18H28N2O2/c1-5-10-20(11-6-2)13-18(21)19-16-8-7-9-17(12-16)22-14-15(3)4/h7-9,12H,3,5-6,10-11,13-14H2,1-2,4H3,(H,19,21). The molecular formula is C18H28N2O2. The molecule has 0 saturated carbocycles. The first-order valence-electron chi connectivity index (χ1n) is 7.94. The number of amides is 1.